The van der Waals surface area contributed by atoms with Gasteiger partial charge in [-0.1, -0.05) is 0 Å². The minimum absolute atomic E-state index is 0. The SMILES string of the molecule is COc1ccc(OCC2CCC(N)CC2)cc1.Cl. The Bertz CT molecular complexity index is 334. The standard InChI is InChI=1S/C14H21NO2.ClH/c1-16-13-6-8-14(9-7-13)17-10-11-2-4-12(15)5-3-11;/h6-9,11-12H,2-5,10,15H2,1H3;1H. The summed E-state index contributed by atoms with van der Waals surface area (Å²) in [5.74, 6) is 2.44. The molecule has 0 bridgehead atoms. The lowest BCUT2D eigenvalue weighted by Crippen LogP contribution is -2.28. The van der Waals surface area contributed by atoms with E-state index in [1.165, 1.54) is 12.8 Å². The van der Waals surface area contributed by atoms with Crippen molar-refractivity contribution in [2.45, 2.75) is 31.7 Å². The first kappa shape index (κ1) is 15.1. The van der Waals surface area contributed by atoms with E-state index in [0.717, 1.165) is 30.9 Å². The first-order valence-corrected chi connectivity index (χ1v) is 6.30. The van der Waals surface area contributed by atoms with Crippen molar-refractivity contribution in [2.24, 2.45) is 11.7 Å². The van der Waals surface area contributed by atoms with Crippen molar-refractivity contribution in [3.8, 4) is 11.5 Å². The maximum atomic E-state index is 5.88. The maximum absolute atomic E-state index is 5.88. The van der Waals surface area contributed by atoms with E-state index in [9.17, 15) is 0 Å². The van der Waals surface area contributed by atoms with E-state index < -0.39 is 0 Å². The van der Waals surface area contributed by atoms with Crippen LogP contribution in [-0.4, -0.2) is 19.8 Å². The Kier molecular flexibility index (Phi) is 6.30. The summed E-state index contributed by atoms with van der Waals surface area (Å²) in [6, 6.07) is 8.16. The van der Waals surface area contributed by atoms with Gasteiger partial charge in [-0.2, -0.15) is 0 Å². The molecule has 0 unspecified atom stereocenters. The van der Waals surface area contributed by atoms with Crippen molar-refractivity contribution in [1.82, 2.24) is 0 Å². The Balaban J connectivity index is 0.00000162. The molecule has 1 aromatic rings. The summed E-state index contributed by atoms with van der Waals surface area (Å²) in [5, 5.41) is 0. The number of rotatable bonds is 4. The Morgan fingerprint density at radius 3 is 2.17 bits per heavy atom. The van der Waals surface area contributed by atoms with Crippen molar-refractivity contribution in [2.75, 3.05) is 13.7 Å². The molecule has 0 spiro atoms. The average Bonchev–Trinajstić information content (AvgIpc) is 2.39. The van der Waals surface area contributed by atoms with E-state index in [1.54, 1.807) is 7.11 Å². The fraction of sp³-hybridized carbons (Fsp3) is 0.571. The van der Waals surface area contributed by atoms with Crippen LogP contribution in [0, 0.1) is 5.92 Å². The van der Waals surface area contributed by atoms with Gasteiger partial charge in [0, 0.05) is 6.04 Å². The number of nitrogens with two attached hydrogens (primary N) is 1. The molecule has 1 aliphatic rings. The minimum Gasteiger partial charge on any atom is -0.497 e. The van der Waals surface area contributed by atoms with E-state index in [-0.39, 0.29) is 12.4 Å². The Morgan fingerprint density at radius 1 is 1.06 bits per heavy atom. The molecule has 0 atom stereocenters. The second-order valence-electron chi connectivity index (χ2n) is 4.77. The van der Waals surface area contributed by atoms with Gasteiger partial charge < -0.3 is 15.2 Å². The van der Waals surface area contributed by atoms with Gasteiger partial charge in [0.05, 0.1) is 13.7 Å². The van der Waals surface area contributed by atoms with Gasteiger partial charge in [-0.05, 0) is 55.9 Å². The number of methoxy groups -OCH3 is 1. The van der Waals surface area contributed by atoms with Crippen LogP contribution in [0.5, 0.6) is 11.5 Å². The molecule has 2 rings (SSSR count). The van der Waals surface area contributed by atoms with E-state index in [0.29, 0.717) is 12.0 Å². The normalized spacial score (nSPS) is 23.0. The van der Waals surface area contributed by atoms with E-state index in [4.69, 9.17) is 15.2 Å². The van der Waals surface area contributed by atoms with E-state index in [2.05, 4.69) is 0 Å². The Hall–Kier alpha value is -0.930. The molecule has 1 saturated carbocycles. The molecule has 4 heteroatoms. The molecule has 0 radical (unpaired) electrons. The van der Waals surface area contributed by atoms with Crippen LogP contribution in [0.15, 0.2) is 24.3 Å². The Labute approximate surface area is 115 Å². The molecular weight excluding hydrogens is 250 g/mol. The molecule has 0 aromatic heterocycles. The summed E-state index contributed by atoms with van der Waals surface area (Å²) >= 11 is 0. The highest BCUT2D eigenvalue weighted by Crippen LogP contribution is 2.24. The first-order chi connectivity index (χ1) is 8.28. The predicted octanol–water partition coefficient (Wildman–Crippen LogP) is 3.01. The van der Waals surface area contributed by atoms with Crippen molar-refractivity contribution in [1.29, 1.82) is 0 Å². The van der Waals surface area contributed by atoms with Crippen molar-refractivity contribution >= 4 is 12.4 Å². The highest BCUT2D eigenvalue weighted by molar-refractivity contribution is 5.85. The van der Waals surface area contributed by atoms with Gasteiger partial charge in [0.1, 0.15) is 11.5 Å². The molecule has 102 valence electrons. The smallest absolute Gasteiger partial charge is 0.119 e. The lowest BCUT2D eigenvalue weighted by atomic mass is 9.87. The van der Waals surface area contributed by atoms with Crippen LogP contribution in [0.1, 0.15) is 25.7 Å². The van der Waals surface area contributed by atoms with Crippen LogP contribution >= 0.6 is 12.4 Å². The van der Waals surface area contributed by atoms with Gasteiger partial charge in [0.25, 0.3) is 0 Å². The number of halogens is 1. The summed E-state index contributed by atoms with van der Waals surface area (Å²) in [6.45, 7) is 0.805. The zero-order valence-corrected chi connectivity index (χ0v) is 11.6. The molecule has 0 aliphatic heterocycles. The zero-order chi connectivity index (χ0) is 12.1. The van der Waals surface area contributed by atoms with Gasteiger partial charge in [0.15, 0.2) is 0 Å². The number of ether oxygens (including phenoxy) is 2. The number of benzene rings is 1. The lowest BCUT2D eigenvalue weighted by Gasteiger charge is -2.25. The molecule has 0 amide bonds. The summed E-state index contributed by atoms with van der Waals surface area (Å²) in [7, 11) is 1.67. The third kappa shape index (κ3) is 4.39. The third-order valence-electron chi connectivity index (χ3n) is 3.44. The highest BCUT2D eigenvalue weighted by atomic mass is 35.5. The van der Waals surface area contributed by atoms with E-state index in [1.807, 2.05) is 24.3 Å². The molecule has 18 heavy (non-hydrogen) atoms. The quantitative estimate of drug-likeness (QED) is 0.916. The molecule has 1 fully saturated rings. The molecule has 2 N–H and O–H groups in total. The van der Waals surface area contributed by atoms with Crippen LogP contribution < -0.4 is 15.2 Å². The minimum atomic E-state index is 0. The predicted molar refractivity (Wildman–Crippen MR) is 75.7 cm³/mol. The maximum Gasteiger partial charge on any atom is 0.119 e. The summed E-state index contributed by atoms with van der Waals surface area (Å²) in [4.78, 5) is 0. The highest BCUT2D eigenvalue weighted by Gasteiger charge is 2.18. The number of hydrogen-bond acceptors (Lipinski definition) is 3. The van der Waals surface area contributed by atoms with Gasteiger partial charge >= 0.3 is 0 Å². The van der Waals surface area contributed by atoms with Crippen LogP contribution in [0.25, 0.3) is 0 Å². The molecule has 1 aromatic carbocycles. The van der Waals surface area contributed by atoms with Crippen molar-refractivity contribution in [3.63, 3.8) is 0 Å². The van der Waals surface area contributed by atoms with Crippen molar-refractivity contribution < 1.29 is 9.47 Å². The van der Waals surface area contributed by atoms with Crippen molar-refractivity contribution in [3.05, 3.63) is 24.3 Å². The topological polar surface area (TPSA) is 44.5 Å². The molecule has 3 nitrogen and oxygen atoms in total. The van der Waals surface area contributed by atoms with Crippen LogP contribution in [0.3, 0.4) is 0 Å². The van der Waals surface area contributed by atoms with Crippen LogP contribution in [0.2, 0.25) is 0 Å². The average molecular weight is 272 g/mol. The molecule has 1 aliphatic carbocycles. The second-order valence-corrected chi connectivity index (χ2v) is 4.77. The second kappa shape index (κ2) is 7.49. The molecule has 0 saturated heterocycles. The largest absolute Gasteiger partial charge is 0.497 e. The first-order valence-electron chi connectivity index (χ1n) is 6.30. The van der Waals surface area contributed by atoms with Gasteiger partial charge in [-0.15, -0.1) is 12.4 Å². The molecule has 0 heterocycles. The molecular formula is C14H22ClNO2. The summed E-state index contributed by atoms with van der Waals surface area (Å²) < 4.78 is 10.9. The summed E-state index contributed by atoms with van der Waals surface area (Å²) in [6.07, 6.45) is 4.65. The van der Waals surface area contributed by atoms with Gasteiger partial charge in [-0.25, -0.2) is 0 Å². The van der Waals surface area contributed by atoms with E-state index >= 15 is 0 Å². The van der Waals surface area contributed by atoms with Crippen LogP contribution in [0.4, 0.5) is 0 Å². The summed E-state index contributed by atoms with van der Waals surface area (Å²) in [5.41, 5.74) is 5.88. The zero-order valence-electron chi connectivity index (χ0n) is 10.8. The van der Waals surface area contributed by atoms with Crippen LogP contribution in [-0.2, 0) is 0 Å². The fourth-order valence-corrected chi connectivity index (χ4v) is 2.24. The van der Waals surface area contributed by atoms with Gasteiger partial charge in [0.2, 0.25) is 0 Å². The third-order valence-corrected chi connectivity index (χ3v) is 3.44. The fourth-order valence-electron chi connectivity index (χ4n) is 2.24. The van der Waals surface area contributed by atoms with Gasteiger partial charge in [-0.3, -0.25) is 0 Å². The lowest BCUT2D eigenvalue weighted by molar-refractivity contribution is 0.200. The number of hydrogen-bond donors (Lipinski definition) is 1. The Morgan fingerprint density at radius 2 is 1.61 bits per heavy atom. The monoisotopic (exact) mass is 271 g/mol.